The van der Waals surface area contributed by atoms with E-state index in [4.69, 9.17) is 4.74 Å². The average molecular weight is 234 g/mol. The van der Waals surface area contributed by atoms with Crippen LogP contribution in [0, 0.1) is 0 Å². The van der Waals surface area contributed by atoms with Gasteiger partial charge in [-0.3, -0.25) is 0 Å². The van der Waals surface area contributed by atoms with Crippen molar-refractivity contribution in [2.75, 3.05) is 25.0 Å². The third-order valence-electron chi connectivity index (χ3n) is 3.54. The second-order valence-corrected chi connectivity index (χ2v) is 4.89. The fraction of sp³-hybridized carbons (Fsp3) is 0.667. The van der Waals surface area contributed by atoms with Crippen LogP contribution in [0.25, 0.3) is 0 Å². The van der Waals surface area contributed by atoms with Crippen molar-refractivity contribution < 1.29 is 4.74 Å². The van der Waals surface area contributed by atoms with Crippen molar-refractivity contribution in [3.8, 4) is 0 Å². The van der Waals surface area contributed by atoms with Gasteiger partial charge in [0.05, 0.1) is 18.2 Å². The molecule has 2 aliphatic heterocycles. The van der Waals surface area contributed by atoms with Crippen LogP contribution in [-0.2, 0) is 4.74 Å². The molecule has 17 heavy (non-hydrogen) atoms. The first-order valence-electron chi connectivity index (χ1n) is 6.25. The van der Waals surface area contributed by atoms with Gasteiger partial charge < -0.3 is 15.4 Å². The van der Waals surface area contributed by atoms with E-state index in [1.165, 1.54) is 6.42 Å². The van der Waals surface area contributed by atoms with Gasteiger partial charge in [-0.25, -0.2) is 9.97 Å². The Morgan fingerprint density at radius 3 is 3.06 bits per heavy atom. The highest BCUT2D eigenvalue weighted by atomic mass is 16.5. The van der Waals surface area contributed by atoms with Crippen LogP contribution in [0.5, 0.6) is 0 Å². The highest BCUT2D eigenvalue weighted by Crippen LogP contribution is 2.32. The van der Waals surface area contributed by atoms with Crippen LogP contribution in [0.3, 0.4) is 0 Å². The molecule has 2 atom stereocenters. The summed E-state index contributed by atoms with van der Waals surface area (Å²) in [6.45, 7) is 2.84. The van der Waals surface area contributed by atoms with Crippen molar-refractivity contribution in [1.29, 1.82) is 0 Å². The molecule has 1 aromatic heterocycles. The average Bonchev–Trinajstić information content (AvgIpc) is 2.74. The number of nitrogens with one attached hydrogen (secondary N) is 2. The first-order valence-corrected chi connectivity index (χ1v) is 6.25. The maximum absolute atomic E-state index is 5.99. The molecule has 2 N–H and O–H groups in total. The number of aromatic nitrogens is 2. The second-order valence-electron chi connectivity index (χ2n) is 4.89. The van der Waals surface area contributed by atoms with Gasteiger partial charge in [0.25, 0.3) is 0 Å². The largest absolute Gasteiger partial charge is 0.371 e. The monoisotopic (exact) mass is 234 g/mol. The first-order chi connectivity index (χ1) is 8.36. The molecule has 2 fully saturated rings. The van der Waals surface area contributed by atoms with Gasteiger partial charge in [0.15, 0.2) is 0 Å². The zero-order chi connectivity index (χ0) is 11.6. The molecule has 0 bridgehead atoms. The number of piperidine rings is 1. The smallest absolute Gasteiger partial charge is 0.222 e. The van der Waals surface area contributed by atoms with E-state index in [0.29, 0.717) is 12.0 Å². The molecular formula is C12H18N4O. The Kier molecular flexibility index (Phi) is 2.94. The molecule has 0 amide bonds. The third kappa shape index (κ3) is 2.40. The maximum atomic E-state index is 5.99. The van der Waals surface area contributed by atoms with Crippen LogP contribution < -0.4 is 10.6 Å². The summed E-state index contributed by atoms with van der Waals surface area (Å²) in [4.78, 5) is 8.36. The van der Waals surface area contributed by atoms with Gasteiger partial charge in [0, 0.05) is 25.4 Å². The molecule has 0 aliphatic carbocycles. The molecule has 0 aromatic carbocycles. The molecule has 2 aliphatic rings. The predicted octanol–water partition coefficient (Wildman–Crippen LogP) is 0.800. The Balaban J connectivity index is 1.60. The Morgan fingerprint density at radius 2 is 2.29 bits per heavy atom. The van der Waals surface area contributed by atoms with Gasteiger partial charge in [-0.2, -0.15) is 0 Å². The Bertz CT molecular complexity index is 364. The summed E-state index contributed by atoms with van der Waals surface area (Å²) in [6, 6.07) is 2.15. The fourth-order valence-electron chi connectivity index (χ4n) is 2.73. The Hall–Kier alpha value is -1.20. The molecule has 2 saturated heterocycles. The Labute approximate surface area is 101 Å². The minimum Gasteiger partial charge on any atom is -0.371 e. The molecular weight excluding hydrogens is 216 g/mol. The minimum atomic E-state index is 0.0463. The normalized spacial score (nSPS) is 32.8. The number of ether oxygens (including phenoxy) is 1. The van der Waals surface area contributed by atoms with Gasteiger partial charge >= 0.3 is 0 Å². The van der Waals surface area contributed by atoms with Gasteiger partial charge in [-0.1, -0.05) is 0 Å². The van der Waals surface area contributed by atoms with Gasteiger partial charge in [0.1, 0.15) is 0 Å². The molecule has 0 unspecified atom stereocenters. The lowest BCUT2D eigenvalue weighted by Gasteiger charge is -2.32. The summed E-state index contributed by atoms with van der Waals surface area (Å²) >= 11 is 0. The van der Waals surface area contributed by atoms with Crippen molar-refractivity contribution >= 4 is 5.95 Å². The van der Waals surface area contributed by atoms with Crippen molar-refractivity contribution in [2.45, 2.75) is 30.9 Å². The number of anilines is 1. The fourth-order valence-corrected chi connectivity index (χ4v) is 2.73. The van der Waals surface area contributed by atoms with Crippen molar-refractivity contribution in [1.82, 2.24) is 15.3 Å². The topological polar surface area (TPSA) is 59.1 Å². The van der Waals surface area contributed by atoms with E-state index in [-0.39, 0.29) is 5.60 Å². The minimum absolute atomic E-state index is 0.0463. The third-order valence-corrected chi connectivity index (χ3v) is 3.54. The molecule has 5 nitrogen and oxygen atoms in total. The van der Waals surface area contributed by atoms with Crippen LogP contribution >= 0.6 is 0 Å². The summed E-state index contributed by atoms with van der Waals surface area (Å²) in [7, 11) is 0. The van der Waals surface area contributed by atoms with E-state index >= 15 is 0 Å². The zero-order valence-electron chi connectivity index (χ0n) is 9.85. The van der Waals surface area contributed by atoms with Crippen LogP contribution in [-0.4, -0.2) is 41.3 Å². The molecule has 0 saturated carbocycles. The highest BCUT2D eigenvalue weighted by Gasteiger charge is 2.41. The zero-order valence-corrected chi connectivity index (χ0v) is 9.85. The predicted molar refractivity (Wildman–Crippen MR) is 64.8 cm³/mol. The Morgan fingerprint density at radius 1 is 1.41 bits per heavy atom. The van der Waals surface area contributed by atoms with Crippen molar-refractivity contribution in [3.05, 3.63) is 18.5 Å². The quantitative estimate of drug-likeness (QED) is 0.792. The summed E-state index contributed by atoms with van der Waals surface area (Å²) < 4.78 is 5.99. The van der Waals surface area contributed by atoms with E-state index in [1.54, 1.807) is 12.4 Å². The lowest BCUT2D eigenvalue weighted by atomic mass is 9.90. The number of rotatable bonds is 2. The lowest BCUT2D eigenvalue weighted by molar-refractivity contribution is -0.0138. The molecule has 3 heterocycles. The van der Waals surface area contributed by atoms with Gasteiger partial charge in [-0.15, -0.1) is 0 Å². The lowest BCUT2D eigenvalue weighted by Crippen LogP contribution is -2.45. The first kappa shape index (κ1) is 10.9. The summed E-state index contributed by atoms with van der Waals surface area (Å²) in [6.07, 6.45) is 6.91. The van der Waals surface area contributed by atoms with Gasteiger partial charge in [0.2, 0.25) is 5.95 Å². The van der Waals surface area contributed by atoms with E-state index in [0.717, 1.165) is 32.5 Å². The van der Waals surface area contributed by atoms with Crippen LogP contribution in [0.1, 0.15) is 19.3 Å². The van der Waals surface area contributed by atoms with E-state index in [1.807, 2.05) is 6.07 Å². The molecule has 3 rings (SSSR count). The van der Waals surface area contributed by atoms with E-state index in [9.17, 15) is 0 Å². The maximum Gasteiger partial charge on any atom is 0.222 e. The van der Waals surface area contributed by atoms with E-state index in [2.05, 4.69) is 20.6 Å². The van der Waals surface area contributed by atoms with E-state index < -0.39 is 0 Å². The molecule has 1 aromatic rings. The number of hydrogen-bond donors (Lipinski definition) is 2. The number of hydrogen-bond acceptors (Lipinski definition) is 5. The molecule has 92 valence electrons. The second kappa shape index (κ2) is 4.58. The standard InChI is InChI=1S/C12H18N4O/c1-3-12(9-13-4-1)7-10(8-17-12)16-11-14-5-2-6-15-11/h2,5-6,10,13H,1,3-4,7-9H2,(H,14,15,16)/t10-,12+/m0/s1. The van der Waals surface area contributed by atoms with Crippen molar-refractivity contribution in [2.24, 2.45) is 0 Å². The number of nitrogens with zero attached hydrogens (tertiary/aromatic N) is 2. The summed E-state index contributed by atoms with van der Waals surface area (Å²) in [5, 5.41) is 6.76. The highest BCUT2D eigenvalue weighted by molar-refractivity contribution is 5.25. The molecule has 5 heteroatoms. The summed E-state index contributed by atoms with van der Waals surface area (Å²) in [5.74, 6) is 0.696. The van der Waals surface area contributed by atoms with Crippen LogP contribution in [0.15, 0.2) is 18.5 Å². The molecule has 1 spiro atoms. The molecule has 0 radical (unpaired) electrons. The summed E-state index contributed by atoms with van der Waals surface area (Å²) in [5.41, 5.74) is 0.0463. The van der Waals surface area contributed by atoms with Crippen LogP contribution in [0.4, 0.5) is 5.95 Å². The van der Waals surface area contributed by atoms with Crippen LogP contribution in [0.2, 0.25) is 0 Å². The van der Waals surface area contributed by atoms with Gasteiger partial charge in [-0.05, 0) is 25.5 Å². The SMILES string of the molecule is c1cnc(N[C@@H]2CO[C@]3(CCCNC3)C2)nc1. The van der Waals surface area contributed by atoms with Crippen molar-refractivity contribution in [3.63, 3.8) is 0 Å².